The van der Waals surface area contributed by atoms with Gasteiger partial charge in [-0.1, -0.05) is 0 Å². The fourth-order valence-electron chi connectivity index (χ4n) is 1.75. The Hall–Kier alpha value is -0.810. The summed E-state index contributed by atoms with van der Waals surface area (Å²) in [6.07, 6.45) is -0.162. The van der Waals surface area contributed by atoms with Crippen molar-refractivity contribution in [3.63, 3.8) is 0 Å². The number of likely N-dealkylation sites (tertiary alicyclic amines) is 1. The third-order valence-corrected chi connectivity index (χ3v) is 2.68. The number of ether oxygens (including phenoxy) is 1. The number of β-amino-alcohol motifs (C(OH)–C–C–N with tert-alkyl or cyclic N) is 1. The van der Waals surface area contributed by atoms with Crippen molar-refractivity contribution in [3.05, 3.63) is 0 Å². The van der Waals surface area contributed by atoms with Crippen LogP contribution in [0, 0.1) is 5.92 Å². The molecule has 1 rings (SSSR count). The first-order valence-electron chi connectivity index (χ1n) is 5.69. The minimum Gasteiger partial charge on any atom is -0.444 e. The highest BCUT2D eigenvalue weighted by Crippen LogP contribution is 2.19. The van der Waals surface area contributed by atoms with E-state index in [9.17, 15) is 9.90 Å². The number of aliphatic hydroxyl groups excluding tert-OH is 1. The number of carbonyl (C=O) groups excluding carboxylic acids is 1. The molecule has 1 fully saturated rings. The molecule has 0 aromatic heterocycles. The van der Waals surface area contributed by atoms with Crippen LogP contribution in [0.25, 0.3) is 0 Å². The number of nitrogens with two attached hydrogens (primary N) is 1. The van der Waals surface area contributed by atoms with Crippen LogP contribution < -0.4 is 5.73 Å². The largest absolute Gasteiger partial charge is 0.444 e. The van der Waals surface area contributed by atoms with Gasteiger partial charge in [0, 0.05) is 12.5 Å². The van der Waals surface area contributed by atoms with Crippen molar-refractivity contribution in [2.45, 2.75) is 38.9 Å². The van der Waals surface area contributed by atoms with Gasteiger partial charge in [-0.3, -0.25) is 0 Å². The van der Waals surface area contributed by atoms with Gasteiger partial charge in [-0.15, -0.1) is 0 Å². The van der Waals surface area contributed by atoms with E-state index in [1.54, 1.807) is 4.90 Å². The average Bonchev–Trinajstić information content (AvgIpc) is 2.15. The molecule has 0 aliphatic carbocycles. The molecule has 0 spiro atoms. The molecule has 5 heteroatoms. The van der Waals surface area contributed by atoms with Crippen molar-refractivity contribution < 1.29 is 14.6 Å². The van der Waals surface area contributed by atoms with Gasteiger partial charge in [0.15, 0.2) is 0 Å². The Balaban J connectivity index is 2.48. The third-order valence-electron chi connectivity index (χ3n) is 2.68. The van der Waals surface area contributed by atoms with Crippen molar-refractivity contribution in [2.24, 2.45) is 11.7 Å². The molecule has 0 radical (unpaired) electrons. The highest BCUT2D eigenvalue weighted by atomic mass is 16.6. The molecule has 1 heterocycles. The van der Waals surface area contributed by atoms with E-state index in [1.807, 2.05) is 20.8 Å². The summed E-state index contributed by atoms with van der Waals surface area (Å²) in [6.45, 7) is 6.86. The van der Waals surface area contributed by atoms with Crippen molar-refractivity contribution in [2.75, 3.05) is 19.6 Å². The number of carbonyl (C=O) groups is 1. The van der Waals surface area contributed by atoms with E-state index in [0.29, 0.717) is 19.6 Å². The SMILES string of the molecule is CC(C)(C)OC(=O)N1CC[C@H](CN)[C@@H](O)C1. The zero-order valence-electron chi connectivity index (χ0n) is 10.3. The Morgan fingerprint density at radius 2 is 2.19 bits per heavy atom. The lowest BCUT2D eigenvalue weighted by atomic mass is 9.94. The highest BCUT2D eigenvalue weighted by Gasteiger charge is 2.31. The van der Waals surface area contributed by atoms with Gasteiger partial charge in [0.1, 0.15) is 5.60 Å². The number of nitrogens with zero attached hydrogens (tertiary/aromatic N) is 1. The summed E-state index contributed by atoms with van der Waals surface area (Å²) < 4.78 is 5.24. The minimum atomic E-state index is -0.536. The van der Waals surface area contributed by atoms with Crippen molar-refractivity contribution in [3.8, 4) is 0 Å². The van der Waals surface area contributed by atoms with Crippen LogP contribution in [0.5, 0.6) is 0 Å². The summed E-state index contributed by atoms with van der Waals surface area (Å²) in [6, 6.07) is 0. The molecule has 2 atom stereocenters. The van der Waals surface area contributed by atoms with E-state index in [-0.39, 0.29) is 12.0 Å². The Bertz CT molecular complexity index is 250. The molecule has 0 saturated carbocycles. The molecular weight excluding hydrogens is 208 g/mol. The highest BCUT2D eigenvalue weighted by molar-refractivity contribution is 5.68. The van der Waals surface area contributed by atoms with E-state index in [0.717, 1.165) is 6.42 Å². The molecule has 1 aliphatic rings. The number of hydrogen-bond donors (Lipinski definition) is 2. The zero-order chi connectivity index (χ0) is 12.3. The summed E-state index contributed by atoms with van der Waals surface area (Å²) in [4.78, 5) is 13.3. The number of hydrogen-bond acceptors (Lipinski definition) is 4. The maximum atomic E-state index is 11.7. The van der Waals surface area contributed by atoms with Crippen molar-refractivity contribution in [1.82, 2.24) is 4.90 Å². The van der Waals surface area contributed by atoms with Gasteiger partial charge in [-0.25, -0.2) is 4.79 Å². The van der Waals surface area contributed by atoms with Crippen LogP contribution in [-0.2, 0) is 4.74 Å². The van der Waals surface area contributed by atoms with Crippen molar-refractivity contribution >= 4 is 6.09 Å². The first kappa shape index (κ1) is 13.3. The maximum absolute atomic E-state index is 11.7. The normalized spacial score (nSPS) is 26.7. The van der Waals surface area contributed by atoms with Gasteiger partial charge < -0.3 is 20.5 Å². The van der Waals surface area contributed by atoms with E-state index < -0.39 is 11.7 Å². The van der Waals surface area contributed by atoms with Gasteiger partial charge in [0.25, 0.3) is 0 Å². The lowest BCUT2D eigenvalue weighted by Gasteiger charge is -2.36. The van der Waals surface area contributed by atoms with E-state index in [4.69, 9.17) is 10.5 Å². The molecule has 1 amide bonds. The van der Waals surface area contributed by atoms with Crippen LogP contribution in [0.2, 0.25) is 0 Å². The molecule has 0 unspecified atom stereocenters. The van der Waals surface area contributed by atoms with Gasteiger partial charge in [0.05, 0.1) is 12.6 Å². The van der Waals surface area contributed by atoms with Gasteiger partial charge >= 0.3 is 6.09 Å². The van der Waals surface area contributed by atoms with E-state index in [2.05, 4.69) is 0 Å². The second-order valence-corrected chi connectivity index (χ2v) is 5.28. The number of aliphatic hydroxyl groups is 1. The van der Waals surface area contributed by atoms with Crippen LogP contribution in [0.15, 0.2) is 0 Å². The molecule has 0 bridgehead atoms. The lowest BCUT2D eigenvalue weighted by molar-refractivity contribution is -0.0110. The summed E-state index contributed by atoms with van der Waals surface area (Å²) >= 11 is 0. The van der Waals surface area contributed by atoms with Crippen LogP contribution in [0.4, 0.5) is 4.79 Å². The smallest absolute Gasteiger partial charge is 0.410 e. The van der Waals surface area contributed by atoms with Crippen LogP contribution >= 0.6 is 0 Å². The monoisotopic (exact) mass is 230 g/mol. The average molecular weight is 230 g/mol. The Morgan fingerprint density at radius 1 is 1.56 bits per heavy atom. The second kappa shape index (κ2) is 5.01. The summed E-state index contributed by atoms with van der Waals surface area (Å²) in [5, 5.41) is 9.76. The molecule has 5 nitrogen and oxygen atoms in total. The fraction of sp³-hybridized carbons (Fsp3) is 0.909. The van der Waals surface area contributed by atoms with Crippen molar-refractivity contribution in [1.29, 1.82) is 0 Å². The predicted molar refractivity (Wildman–Crippen MR) is 61.0 cm³/mol. The molecule has 0 aromatic carbocycles. The van der Waals surface area contributed by atoms with Gasteiger partial charge in [-0.05, 0) is 33.7 Å². The molecule has 16 heavy (non-hydrogen) atoms. The quantitative estimate of drug-likeness (QED) is 0.690. The fourth-order valence-corrected chi connectivity index (χ4v) is 1.75. The summed E-state index contributed by atoms with van der Waals surface area (Å²) in [7, 11) is 0. The van der Waals surface area contributed by atoms with E-state index >= 15 is 0 Å². The number of rotatable bonds is 1. The van der Waals surface area contributed by atoms with Gasteiger partial charge in [-0.2, -0.15) is 0 Å². The van der Waals surface area contributed by atoms with Crippen LogP contribution in [0.3, 0.4) is 0 Å². The first-order valence-corrected chi connectivity index (χ1v) is 5.69. The standard InChI is InChI=1S/C11H22N2O3/c1-11(2,3)16-10(15)13-5-4-8(6-12)9(14)7-13/h8-9,14H,4-7,12H2,1-3H3/t8-,9+/m1/s1. The van der Waals surface area contributed by atoms with Crippen LogP contribution in [0.1, 0.15) is 27.2 Å². The van der Waals surface area contributed by atoms with E-state index in [1.165, 1.54) is 0 Å². The number of piperidine rings is 1. The minimum absolute atomic E-state index is 0.0960. The molecule has 0 aromatic rings. The molecular formula is C11H22N2O3. The molecule has 1 aliphatic heterocycles. The molecule has 1 saturated heterocycles. The molecule has 3 N–H and O–H groups in total. The second-order valence-electron chi connectivity index (χ2n) is 5.28. The number of amides is 1. The van der Waals surface area contributed by atoms with Crippen LogP contribution in [-0.4, -0.2) is 47.4 Å². The summed E-state index contributed by atoms with van der Waals surface area (Å²) in [5.74, 6) is 0.0960. The summed E-state index contributed by atoms with van der Waals surface area (Å²) in [5.41, 5.74) is 5.03. The Kier molecular flexibility index (Phi) is 4.15. The Labute approximate surface area is 96.6 Å². The lowest BCUT2D eigenvalue weighted by Crippen LogP contribution is -2.49. The Morgan fingerprint density at radius 3 is 2.62 bits per heavy atom. The maximum Gasteiger partial charge on any atom is 0.410 e. The third kappa shape index (κ3) is 3.64. The topological polar surface area (TPSA) is 75.8 Å². The van der Waals surface area contributed by atoms with Gasteiger partial charge in [0.2, 0.25) is 0 Å². The molecule has 94 valence electrons. The predicted octanol–water partition coefficient (Wildman–Crippen LogP) is 0.563. The zero-order valence-corrected chi connectivity index (χ0v) is 10.3. The first-order chi connectivity index (χ1) is 7.33.